The average Bonchev–Trinajstić information content (AvgIpc) is 2.95. The largest absolute Gasteiger partial charge is 0.493 e. The molecule has 2 rings (SSSR count). The van der Waals surface area contributed by atoms with Crippen molar-refractivity contribution in [3.8, 4) is 17.6 Å². The van der Waals surface area contributed by atoms with Crippen LogP contribution in [0.15, 0.2) is 18.2 Å². The fourth-order valence-corrected chi connectivity index (χ4v) is 3.11. The van der Waals surface area contributed by atoms with Gasteiger partial charge in [-0.1, -0.05) is 6.07 Å². The predicted octanol–water partition coefficient (Wildman–Crippen LogP) is 1.39. The van der Waals surface area contributed by atoms with Crippen molar-refractivity contribution in [2.75, 3.05) is 19.5 Å². The Labute approximate surface area is 120 Å². The van der Waals surface area contributed by atoms with Gasteiger partial charge in [0.1, 0.15) is 12.1 Å². The molecule has 1 saturated heterocycles. The van der Waals surface area contributed by atoms with E-state index in [9.17, 15) is 4.79 Å². The maximum atomic E-state index is 10.9. The molecule has 1 fully saturated rings. The van der Waals surface area contributed by atoms with Crippen LogP contribution in [0.1, 0.15) is 10.9 Å². The second-order valence-corrected chi connectivity index (χ2v) is 5.27. The minimum absolute atomic E-state index is 0.0484. The maximum Gasteiger partial charge on any atom is 0.321 e. The van der Waals surface area contributed by atoms with Gasteiger partial charge in [0.05, 0.1) is 12.5 Å². The summed E-state index contributed by atoms with van der Waals surface area (Å²) in [5.41, 5.74) is 0.917. The predicted molar refractivity (Wildman–Crippen MR) is 73.9 cm³/mol. The van der Waals surface area contributed by atoms with Crippen LogP contribution in [0, 0.1) is 11.3 Å². The molecule has 0 bridgehead atoms. The number of carboxylic acid groups (broad SMARTS) is 1. The highest BCUT2D eigenvalue weighted by atomic mass is 32.2. The number of methoxy groups -OCH3 is 1. The molecule has 0 saturated carbocycles. The van der Waals surface area contributed by atoms with Gasteiger partial charge in [-0.3, -0.25) is 10.1 Å². The summed E-state index contributed by atoms with van der Waals surface area (Å²) in [6.07, 6.45) is 0. The van der Waals surface area contributed by atoms with E-state index in [1.165, 1.54) is 18.9 Å². The van der Waals surface area contributed by atoms with E-state index in [-0.39, 0.29) is 12.0 Å². The summed E-state index contributed by atoms with van der Waals surface area (Å²) in [6.45, 7) is -0.0484. The second kappa shape index (κ2) is 6.50. The Kier molecular flexibility index (Phi) is 4.71. The van der Waals surface area contributed by atoms with Crippen LogP contribution in [0.5, 0.6) is 11.5 Å². The van der Waals surface area contributed by atoms with E-state index >= 15 is 0 Å². The summed E-state index contributed by atoms with van der Waals surface area (Å²) >= 11 is 1.53. The number of hydrogen-bond acceptors (Lipinski definition) is 6. The molecule has 0 radical (unpaired) electrons. The number of hydrogen-bond donors (Lipinski definition) is 2. The summed E-state index contributed by atoms with van der Waals surface area (Å²) < 4.78 is 10.5. The zero-order valence-electron chi connectivity index (χ0n) is 10.8. The minimum atomic E-state index is -0.846. The van der Waals surface area contributed by atoms with Crippen molar-refractivity contribution in [1.29, 1.82) is 5.26 Å². The van der Waals surface area contributed by atoms with Gasteiger partial charge in [-0.2, -0.15) is 5.26 Å². The van der Waals surface area contributed by atoms with Crippen LogP contribution in [0.2, 0.25) is 0 Å². The summed E-state index contributed by atoms with van der Waals surface area (Å²) in [4.78, 5) is 10.9. The minimum Gasteiger partial charge on any atom is -0.493 e. The van der Waals surface area contributed by atoms with Gasteiger partial charge >= 0.3 is 5.97 Å². The summed E-state index contributed by atoms with van der Waals surface area (Å²) in [6, 6.07) is 6.71. The Bertz CT molecular complexity index is 544. The van der Waals surface area contributed by atoms with Crippen LogP contribution in [-0.4, -0.2) is 36.6 Å². The second-order valence-electron chi connectivity index (χ2n) is 4.13. The fraction of sp³-hybridized carbons (Fsp3) is 0.385. The Balaban J connectivity index is 2.14. The Hall–Kier alpha value is -1.91. The van der Waals surface area contributed by atoms with Gasteiger partial charge in [-0.25, -0.2) is 0 Å². The average molecular weight is 294 g/mol. The number of rotatable bonds is 5. The quantitative estimate of drug-likeness (QED) is 0.847. The van der Waals surface area contributed by atoms with Crippen molar-refractivity contribution >= 4 is 17.7 Å². The van der Waals surface area contributed by atoms with Gasteiger partial charge in [0.2, 0.25) is 0 Å². The van der Waals surface area contributed by atoms with Crippen LogP contribution < -0.4 is 14.8 Å². The van der Waals surface area contributed by atoms with E-state index in [1.54, 1.807) is 12.1 Å². The van der Waals surface area contributed by atoms with E-state index < -0.39 is 12.0 Å². The molecule has 1 aromatic rings. The van der Waals surface area contributed by atoms with Crippen molar-refractivity contribution in [3.05, 3.63) is 23.8 Å². The molecule has 0 amide bonds. The monoisotopic (exact) mass is 294 g/mol. The van der Waals surface area contributed by atoms with Gasteiger partial charge < -0.3 is 14.6 Å². The summed E-state index contributed by atoms with van der Waals surface area (Å²) in [7, 11) is 1.52. The molecule has 0 unspecified atom stereocenters. The number of nitrogens with zero attached hydrogens (tertiary/aromatic N) is 1. The normalized spacial score (nSPS) is 21.2. The molecule has 1 aromatic carbocycles. The first kappa shape index (κ1) is 14.5. The highest BCUT2D eigenvalue weighted by Gasteiger charge is 2.30. The first-order valence-corrected chi connectivity index (χ1v) is 6.98. The lowest BCUT2D eigenvalue weighted by Gasteiger charge is -2.14. The lowest BCUT2D eigenvalue weighted by Crippen LogP contribution is -2.33. The molecule has 2 atom stereocenters. The van der Waals surface area contributed by atoms with Crippen LogP contribution in [-0.2, 0) is 4.79 Å². The van der Waals surface area contributed by atoms with Crippen molar-refractivity contribution < 1.29 is 19.4 Å². The zero-order valence-corrected chi connectivity index (χ0v) is 11.6. The highest BCUT2D eigenvalue weighted by Crippen LogP contribution is 2.37. The van der Waals surface area contributed by atoms with Crippen molar-refractivity contribution in [3.63, 3.8) is 0 Å². The van der Waals surface area contributed by atoms with Gasteiger partial charge in [0, 0.05) is 5.75 Å². The molecule has 0 aromatic heterocycles. The molecule has 1 aliphatic heterocycles. The van der Waals surface area contributed by atoms with Gasteiger partial charge in [0.15, 0.2) is 18.1 Å². The number of nitrogens with one attached hydrogen (secondary N) is 1. The van der Waals surface area contributed by atoms with Crippen molar-refractivity contribution in [2.24, 2.45) is 0 Å². The van der Waals surface area contributed by atoms with Gasteiger partial charge in [-0.05, 0) is 17.7 Å². The number of nitriles is 1. The summed E-state index contributed by atoms with van der Waals surface area (Å²) in [5, 5.41) is 20.4. The topological polar surface area (TPSA) is 91.6 Å². The molecular weight excluding hydrogens is 280 g/mol. The number of carbonyl (C=O) groups is 1. The molecule has 7 heteroatoms. The maximum absolute atomic E-state index is 10.9. The lowest BCUT2D eigenvalue weighted by atomic mass is 10.2. The molecule has 0 aliphatic carbocycles. The number of aliphatic carboxylic acids is 1. The fourth-order valence-electron chi connectivity index (χ4n) is 1.88. The standard InChI is InChI=1S/C13H14N2O4S/c1-18-11-6-8(2-3-10(11)19-5-4-14)12-15-9(7-20-12)13(16)17/h2-3,6,9,12,15H,5,7H2,1H3,(H,16,17)/t9-,12-/m0/s1. The zero-order chi connectivity index (χ0) is 14.5. The first-order valence-electron chi connectivity index (χ1n) is 5.94. The van der Waals surface area contributed by atoms with E-state index in [4.69, 9.17) is 19.8 Å². The third-order valence-electron chi connectivity index (χ3n) is 2.86. The first-order chi connectivity index (χ1) is 9.65. The molecule has 106 valence electrons. The number of thioether (sulfide) groups is 1. The number of ether oxygens (including phenoxy) is 2. The van der Waals surface area contributed by atoms with Crippen molar-refractivity contribution in [2.45, 2.75) is 11.4 Å². The number of benzene rings is 1. The third-order valence-corrected chi connectivity index (χ3v) is 4.13. The van der Waals surface area contributed by atoms with Crippen LogP contribution in [0.4, 0.5) is 0 Å². The van der Waals surface area contributed by atoms with E-state index in [0.29, 0.717) is 17.3 Å². The Morgan fingerprint density at radius 3 is 3.00 bits per heavy atom. The van der Waals surface area contributed by atoms with Gasteiger partial charge in [-0.15, -0.1) is 11.8 Å². The van der Waals surface area contributed by atoms with E-state index in [0.717, 1.165) is 5.56 Å². The third kappa shape index (κ3) is 3.15. The molecule has 2 N–H and O–H groups in total. The highest BCUT2D eigenvalue weighted by molar-refractivity contribution is 7.99. The van der Waals surface area contributed by atoms with Gasteiger partial charge in [0.25, 0.3) is 0 Å². The smallest absolute Gasteiger partial charge is 0.321 e. The van der Waals surface area contributed by atoms with E-state index in [1.807, 2.05) is 12.1 Å². The van der Waals surface area contributed by atoms with Crippen molar-refractivity contribution in [1.82, 2.24) is 5.32 Å². The Morgan fingerprint density at radius 2 is 2.40 bits per heavy atom. The van der Waals surface area contributed by atoms with Crippen LogP contribution in [0.25, 0.3) is 0 Å². The molecule has 0 spiro atoms. The molecule has 1 aliphatic rings. The Morgan fingerprint density at radius 1 is 1.60 bits per heavy atom. The molecule has 6 nitrogen and oxygen atoms in total. The van der Waals surface area contributed by atoms with Crippen LogP contribution >= 0.6 is 11.8 Å². The molecular formula is C13H14N2O4S. The number of carboxylic acids is 1. The van der Waals surface area contributed by atoms with E-state index in [2.05, 4.69) is 5.32 Å². The van der Waals surface area contributed by atoms with Crippen LogP contribution in [0.3, 0.4) is 0 Å². The SMILES string of the molecule is COc1cc([C@H]2N[C@H](C(=O)O)CS2)ccc1OCC#N. The lowest BCUT2D eigenvalue weighted by molar-refractivity contribution is -0.138. The molecule has 1 heterocycles. The molecule has 20 heavy (non-hydrogen) atoms. The summed E-state index contributed by atoms with van der Waals surface area (Å²) in [5.74, 6) is 0.699.